The zero-order valence-electron chi connectivity index (χ0n) is 35.6. The highest BCUT2D eigenvalue weighted by atomic mass is 16.5. The van der Waals surface area contributed by atoms with Crippen LogP contribution in [0.4, 0.5) is 0 Å². The minimum absolute atomic E-state index is 0.103. The summed E-state index contributed by atoms with van der Waals surface area (Å²) in [6, 6.07) is 53.6. The highest BCUT2D eigenvalue weighted by Gasteiger charge is 2.61. The van der Waals surface area contributed by atoms with E-state index in [0.29, 0.717) is 0 Å². The Labute approximate surface area is 347 Å². The molecule has 4 heteroatoms. The van der Waals surface area contributed by atoms with Crippen molar-refractivity contribution in [3.05, 3.63) is 179 Å². The lowest BCUT2D eigenvalue weighted by Crippen LogP contribution is -2.54. The lowest BCUT2D eigenvalue weighted by Gasteiger charge is -2.57. The van der Waals surface area contributed by atoms with E-state index in [1.165, 1.54) is 22.3 Å². The van der Waals surface area contributed by atoms with Crippen molar-refractivity contribution in [3.8, 4) is 34.1 Å². The number of fused-ring (bicyclic) bond motifs is 3. The Morgan fingerprint density at radius 2 is 0.552 bits per heavy atom. The van der Waals surface area contributed by atoms with E-state index in [2.05, 4.69) is 201 Å². The van der Waals surface area contributed by atoms with Gasteiger partial charge in [-0.05, 0) is 146 Å². The van der Waals surface area contributed by atoms with Crippen LogP contribution in [0.15, 0.2) is 146 Å². The molecule has 4 nitrogen and oxygen atoms in total. The van der Waals surface area contributed by atoms with Crippen LogP contribution >= 0.6 is 0 Å². The molecule has 0 fully saturated rings. The van der Waals surface area contributed by atoms with Gasteiger partial charge in [0.25, 0.3) is 0 Å². The molecule has 0 saturated heterocycles. The quantitative estimate of drug-likeness (QED) is 0.0982. The van der Waals surface area contributed by atoms with Gasteiger partial charge in [0.1, 0.15) is 23.0 Å². The molecule has 0 heterocycles. The first-order valence-corrected chi connectivity index (χ1v) is 21.5. The third kappa shape index (κ3) is 7.39. The Morgan fingerprint density at radius 3 is 0.776 bits per heavy atom. The second kappa shape index (κ2) is 17.6. The molecule has 7 rings (SSSR count). The molecule has 0 amide bonds. The van der Waals surface area contributed by atoms with E-state index in [-0.39, 0.29) is 24.4 Å². The van der Waals surface area contributed by atoms with Gasteiger partial charge in [-0.25, -0.2) is 0 Å². The molecular formula is C54H60O4. The number of rotatable bonds is 16. The molecule has 1 aliphatic rings. The first-order chi connectivity index (χ1) is 28.2. The summed E-state index contributed by atoms with van der Waals surface area (Å²) >= 11 is 0. The summed E-state index contributed by atoms with van der Waals surface area (Å²) in [7, 11) is 0. The number of hydrogen-bond acceptors (Lipinski definition) is 4. The van der Waals surface area contributed by atoms with E-state index in [9.17, 15) is 0 Å². The zero-order chi connectivity index (χ0) is 40.9. The van der Waals surface area contributed by atoms with Crippen LogP contribution in [0.1, 0.15) is 114 Å². The molecule has 0 spiro atoms. The van der Waals surface area contributed by atoms with E-state index in [1.807, 2.05) is 0 Å². The monoisotopic (exact) mass is 772 g/mol. The second-order valence-corrected chi connectivity index (χ2v) is 16.0. The third-order valence-electron chi connectivity index (χ3n) is 12.3. The van der Waals surface area contributed by atoms with Crippen LogP contribution in [-0.2, 0) is 10.8 Å². The summed E-state index contributed by atoms with van der Waals surface area (Å²) in [5, 5.41) is 0. The fourth-order valence-electron chi connectivity index (χ4n) is 8.71. The van der Waals surface area contributed by atoms with Gasteiger partial charge in [-0.1, -0.05) is 125 Å². The maximum atomic E-state index is 6.42. The van der Waals surface area contributed by atoms with Gasteiger partial charge in [-0.3, -0.25) is 0 Å². The van der Waals surface area contributed by atoms with Crippen molar-refractivity contribution in [1.29, 1.82) is 0 Å². The van der Waals surface area contributed by atoms with Crippen molar-refractivity contribution in [1.82, 2.24) is 0 Å². The molecule has 0 saturated carbocycles. The Hall–Kier alpha value is -5.48. The summed E-state index contributed by atoms with van der Waals surface area (Å²) in [6.45, 7) is 17.1. The van der Waals surface area contributed by atoms with Gasteiger partial charge in [-0.2, -0.15) is 0 Å². The smallest absolute Gasteiger partial charge is 0.119 e. The van der Waals surface area contributed by atoms with Gasteiger partial charge >= 0.3 is 0 Å². The van der Waals surface area contributed by atoms with Crippen molar-refractivity contribution in [3.63, 3.8) is 0 Å². The summed E-state index contributed by atoms with van der Waals surface area (Å²) in [5.41, 5.74) is 7.87. The summed E-state index contributed by atoms with van der Waals surface area (Å²) < 4.78 is 25.7. The molecule has 4 atom stereocenters. The predicted molar refractivity (Wildman–Crippen MR) is 239 cm³/mol. The maximum Gasteiger partial charge on any atom is 0.119 e. The number of benzene rings is 6. The van der Waals surface area contributed by atoms with E-state index in [1.54, 1.807) is 0 Å². The van der Waals surface area contributed by atoms with Crippen LogP contribution in [0, 0.1) is 0 Å². The third-order valence-corrected chi connectivity index (χ3v) is 12.3. The molecule has 0 bridgehead atoms. The Morgan fingerprint density at radius 1 is 0.328 bits per heavy atom. The van der Waals surface area contributed by atoms with Crippen molar-refractivity contribution < 1.29 is 18.9 Å². The molecule has 0 radical (unpaired) electrons. The van der Waals surface area contributed by atoms with Gasteiger partial charge < -0.3 is 18.9 Å². The van der Waals surface area contributed by atoms with Crippen LogP contribution < -0.4 is 18.9 Å². The molecule has 58 heavy (non-hydrogen) atoms. The minimum Gasteiger partial charge on any atom is -0.491 e. The molecule has 0 N–H and O–H groups in total. The highest BCUT2D eigenvalue weighted by Crippen LogP contribution is 2.65. The van der Waals surface area contributed by atoms with Crippen LogP contribution in [0.5, 0.6) is 23.0 Å². The zero-order valence-corrected chi connectivity index (χ0v) is 35.6. The van der Waals surface area contributed by atoms with E-state index in [4.69, 9.17) is 18.9 Å². The van der Waals surface area contributed by atoms with E-state index >= 15 is 0 Å². The van der Waals surface area contributed by atoms with Gasteiger partial charge in [0.2, 0.25) is 0 Å². The van der Waals surface area contributed by atoms with Crippen molar-refractivity contribution in [2.45, 2.75) is 116 Å². The fraction of sp³-hybridized carbons (Fsp3) is 0.333. The largest absolute Gasteiger partial charge is 0.491 e. The second-order valence-electron chi connectivity index (χ2n) is 16.0. The van der Waals surface area contributed by atoms with Crippen LogP contribution in [0.2, 0.25) is 0 Å². The van der Waals surface area contributed by atoms with Gasteiger partial charge in [0, 0.05) is 0 Å². The van der Waals surface area contributed by atoms with Crippen molar-refractivity contribution >= 4 is 0 Å². The van der Waals surface area contributed by atoms with Gasteiger partial charge in [0.15, 0.2) is 0 Å². The Kier molecular flexibility index (Phi) is 12.3. The van der Waals surface area contributed by atoms with Gasteiger partial charge in [-0.15, -0.1) is 0 Å². The molecule has 0 aliphatic heterocycles. The average molecular weight is 773 g/mol. The fourth-order valence-corrected chi connectivity index (χ4v) is 8.71. The summed E-state index contributed by atoms with van der Waals surface area (Å²) in [6.07, 6.45) is 4.13. The average Bonchev–Trinajstić information content (AvgIpc) is 3.27. The molecule has 1 aliphatic carbocycles. The molecule has 300 valence electrons. The normalized spacial score (nSPS) is 15.9. The molecule has 0 aromatic heterocycles. The lowest BCUT2D eigenvalue weighted by atomic mass is 9.43. The van der Waals surface area contributed by atoms with Crippen molar-refractivity contribution in [2.75, 3.05) is 0 Å². The Bertz CT molecular complexity index is 1960. The number of ether oxygens (including phenoxy) is 4. The SMILES string of the molecule is CC[C@@H](C)Oc1ccc(C2(c3ccc(O[C@H](C)CC)cc3)c3ccccc3-c3ccccc3C2(c2ccc(O[C@H](C)CC)cc2)c2ccc(O[C@H](C)CC)cc2)cc1. The number of hydrogen-bond donors (Lipinski definition) is 0. The van der Waals surface area contributed by atoms with Crippen molar-refractivity contribution in [2.24, 2.45) is 0 Å². The van der Waals surface area contributed by atoms with Crippen LogP contribution in [0.3, 0.4) is 0 Å². The predicted octanol–water partition coefficient (Wildman–Crippen LogP) is 13.7. The summed E-state index contributed by atoms with van der Waals surface area (Å²) in [5.74, 6) is 3.44. The highest BCUT2D eigenvalue weighted by molar-refractivity contribution is 5.86. The van der Waals surface area contributed by atoms with Crippen LogP contribution in [-0.4, -0.2) is 24.4 Å². The van der Waals surface area contributed by atoms with E-state index in [0.717, 1.165) is 70.9 Å². The Balaban J connectivity index is 1.63. The van der Waals surface area contributed by atoms with Gasteiger partial charge in [0.05, 0.1) is 35.2 Å². The topological polar surface area (TPSA) is 36.9 Å². The maximum absolute atomic E-state index is 6.42. The standard InChI is InChI=1S/C54H60O4/c1-9-37(5)55-45-29-21-41(22-30-45)53(42-23-31-46(32-24-42)56-38(6)10-2)51-19-15-13-17-49(51)50-18-14-16-20-52(50)54(53,43-25-33-47(34-26-43)57-39(7)11-3)44-27-35-48(36-28-44)58-40(8)12-4/h13-40H,9-12H2,1-8H3/t37-,38-,39-,40-/m1/s1. The first kappa shape index (κ1) is 40.7. The lowest BCUT2D eigenvalue weighted by molar-refractivity contribution is 0.216. The molecule has 6 aromatic carbocycles. The van der Waals surface area contributed by atoms with E-state index < -0.39 is 10.8 Å². The summed E-state index contributed by atoms with van der Waals surface area (Å²) in [4.78, 5) is 0. The molecular weight excluding hydrogens is 713 g/mol. The first-order valence-electron chi connectivity index (χ1n) is 21.5. The molecule has 6 aromatic rings. The minimum atomic E-state index is -0.806. The van der Waals surface area contributed by atoms with Crippen LogP contribution in [0.25, 0.3) is 11.1 Å². The molecule has 0 unspecified atom stereocenters.